The van der Waals surface area contributed by atoms with Crippen LogP contribution in [0.4, 0.5) is 68.2 Å². The smallest absolute Gasteiger partial charge is 0.145 e. The third kappa shape index (κ3) is 12.3. The summed E-state index contributed by atoms with van der Waals surface area (Å²) in [4.78, 5) is 10.3. The van der Waals surface area contributed by atoms with Crippen molar-refractivity contribution in [3.8, 4) is 44.5 Å². The number of anilines is 12. The fraction of sp³-hybridized carbons (Fsp3) is 0.143. The zero-order valence-electron chi connectivity index (χ0n) is 86.5. The molecule has 4 aliphatic rings. The quantitative estimate of drug-likeness (QED) is 0.107. The average molecular weight is 1910 g/mol. The zero-order valence-corrected chi connectivity index (χ0v) is 86.5. The molecule has 4 heterocycles. The van der Waals surface area contributed by atoms with Crippen molar-refractivity contribution in [2.75, 3.05) is 19.6 Å². The van der Waals surface area contributed by atoms with Crippen molar-refractivity contribution in [1.29, 1.82) is 0 Å². The molecule has 2 spiro atoms. The van der Waals surface area contributed by atoms with Gasteiger partial charge in [0.25, 0.3) is 0 Å². The van der Waals surface area contributed by atoms with Crippen LogP contribution in [-0.4, -0.2) is 0 Å². The Morgan fingerprint density at radius 3 is 0.811 bits per heavy atom. The Labute approximate surface area is 862 Å². The van der Waals surface area contributed by atoms with Crippen LogP contribution in [0.5, 0.6) is 0 Å². The van der Waals surface area contributed by atoms with E-state index in [0.29, 0.717) is 6.42 Å². The molecule has 0 unspecified atom stereocenters. The van der Waals surface area contributed by atoms with Gasteiger partial charge in [-0.25, -0.2) is 0 Å². The first-order valence-corrected chi connectivity index (χ1v) is 52.1. The van der Waals surface area contributed by atoms with E-state index in [1.165, 1.54) is 122 Å². The maximum atomic E-state index is 7.95. The summed E-state index contributed by atoms with van der Waals surface area (Å²) in [7, 11) is 0. The van der Waals surface area contributed by atoms with Crippen molar-refractivity contribution in [3.05, 3.63) is 496 Å². The maximum absolute atomic E-state index is 7.95. The highest BCUT2D eigenvalue weighted by Gasteiger charge is 2.58. The Bertz CT molecular complexity index is 9770. The second kappa shape index (κ2) is 32.4. The minimum atomic E-state index is -0.952. The highest BCUT2D eigenvalue weighted by Crippen LogP contribution is 2.72. The molecule has 4 aromatic heterocycles. The molecule has 0 radical (unpaired) electrons. The second-order valence-corrected chi connectivity index (χ2v) is 42.8. The lowest BCUT2D eigenvalue weighted by Crippen LogP contribution is -2.27. The number of hydrogen-bond acceptors (Lipinski definition) is 8. The molecular weight excluding hydrogens is 1800 g/mol. The summed E-state index contributed by atoms with van der Waals surface area (Å²) < 4.78 is 31.5. The largest absolute Gasteiger partial charge is 0.455 e. The van der Waals surface area contributed by atoms with Gasteiger partial charge in [0.15, 0.2) is 0 Å². The first kappa shape index (κ1) is 88.5. The molecule has 714 valence electrons. The van der Waals surface area contributed by atoms with Crippen LogP contribution >= 0.6 is 0 Å². The summed E-state index contributed by atoms with van der Waals surface area (Å²) >= 11 is 0. The second-order valence-electron chi connectivity index (χ2n) is 42.8. The molecule has 0 fully saturated rings. The standard InChI is InChI=1S/C140H110N4O4/c1-76-57-59-79(4)117(61-76)143(115-51-31-18-37-78(115)3)121-74-113-133(137-129(121)105-45-25-34-55-125(105)147-137)134-114(140(113)109-49-29-21-41-101(109)102-42-22-30-50-110(102)140)75-122(130-106-46-26-35-56-126(106)148-138(130)134)144(118-62-77(2)58-60-80(118)5)116-52-36-38-93(92(116)17)70-94-71-98(69-87(12)91(94)16)142(97-67-85(10)90(15)86(11)68-97)120-73-112-132(136-128(120)104-44-24-33-54-124(104)146-136)131-111(139(112)107-47-27-19-39-99(107)100-40-20-28-48-108(100)139)72-119(127-103-43-23-32-53-123(103)145-135(127)131)141(95-63-81(6)88(13)82(7)64-95)96-65-83(8)89(14)84(9)66-96/h18-69,71-75H,70H2,1-17H3. The van der Waals surface area contributed by atoms with E-state index in [1.807, 2.05) is 0 Å². The van der Waals surface area contributed by atoms with Crippen molar-refractivity contribution in [2.24, 2.45) is 0 Å². The van der Waals surface area contributed by atoms with Gasteiger partial charge in [-0.05, 0) is 418 Å². The molecule has 148 heavy (non-hydrogen) atoms. The summed E-state index contributed by atoms with van der Waals surface area (Å²) in [5, 5.41) is 8.22. The number of para-hydroxylation sites is 5. The third-order valence-corrected chi connectivity index (χ3v) is 34.6. The number of aryl methyl sites for hydroxylation is 12. The Kier molecular flexibility index (Phi) is 19.4. The minimum absolute atomic E-state index is 0.606. The SMILES string of the molecule is Cc1ccc(C)c(N(c2ccccc2C)c2cc3c(c4oc5ccccc5c24)-c2c(cc(N(c4cc(C)ccc4C)c4cccc(Cc5cc(N(c6cc(C)c(C)c(C)c6)c6cc7c(c8oc9ccccc9c68)-c6c(cc(N(c8cc(C)c(C)c(C)c8)c8cc(C)c(C)c(C)c8)c8c6oc6ccccc68)C76c7ccccc7-c7ccccc76)cc(C)c5C)c4C)c4c2oc2ccccc24)C32c3ccccc3-c3ccccc32)c1. The van der Waals surface area contributed by atoms with Gasteiger partial charge in [0.1, 0.15) is 44.7 Å². The summed E-state index contributed by atoms with van der Waals surface area (Å²) in [6.07, 6.45) is 0.606. The number of furan rings is 4. The van der Waals surface area contributed by atoms with Gasteiger partial charge in [-0.2, -0.15) is 0 Å². The van der Waals surface area contributed by atoms with Crippen molar-refractivity contribution < 1.29 is 17.7 Å². The van der Waals surface area contributed by atoms with Crippen LogP contribution < -0.4 is 19.6 Å². The average Bonchev–Trinajstić information content (AvgIpc) is 1.49. The molecule has 24 aromatic rings. The van der Waals surface area contributed by atoms with E-state index in [9.17, 15) is 0 Å². The predicted molar refractivity (Wildman–Crippen MR) is 617 cm³/mol. The Balaban J connectivity index is 0.681. The fourth-order valence-corrected chi connectivity index (χ4v) is 26.6. The van der Waals surface area contributed by atoms with Crippen molar-refractivity contribution in [3.63, 3.8) is 0 Å². The van der Waals surface area contributed by atoms with Gasteiger partial charge in [0, 0.05) is 89.3 Å². The molecule has 4 aliphatic carbocycles. The molecule has 28 rings (SSSR count). The first-order valence-electron chi connectivity index (χ1n) is 52.1. The van der Waals surface area contributed by atoms with E-state index in [4.69, 9.17) is 17.7 Å². The topological polar surface area (TPSA) is 65.5 Å². The molecule has 8 nitrogen and oxygen atoms in total. The van der Waals surface area contributed by atoms with E-state index >= 15 is 0 Å². The van der Waals surface area contributed by atoms with E-state index in [-0.39, 0.29) is 0 Å². The highest BCUT2D eigenvalue weighted by molar-refractivity contribution is 6.29. The Morgan fingerprint density at radius 2 is 0.466 bits per heavy atom. The molecule has 20 aromatic carbocycles. The van der Waals surface area contributed by atoms with Crippen LogP contribution in [0.3, 0.4) is 0 Å². The van der Waals surface area contributed by atoms with Crippen molar-refractivity contribution in [2.45, 2.75) is 135 Å². The highest BCUT2D eigenvalue weighted by atomic mass is 16.3. The summed E-state index contributed by atoms with van der Waals surface area (Å²) in [6, 6.07) is 131. The van der Waals surface area contributed by atoms with Crippen LogP contribution in [0.2, 0.25) is 0 Å². The third-order valence-electron chi connectivity index (χ3n) is 34.6. The van der Waals surface area contributed by atoms with Gasteiger partial charge in [-0.1, -0.05) is 224 Å². The molecule has 0 bridgehead atoms. The van der Waals surface area contributed by atoms with E-state index in [2.05, 4.69) is 483 Å². The molecule has 0 saturated carbocycles. The normalized spacial score (nSPS) is 13.2. The summed E-state index contributed by atoms with van der Waals surface area (Å²) in [5.41, 5.74) is 58.4. The monoisotopic (exact) mass is 1910 g/mol. The van der Waals surface area contributed by atoms with Gasteiger partial charge in [0.2, 0.25) is 0 Å². The van der Waals surface area contributed by atoms with Crippen LogP contribution in [0.15, 0.2) is 363 Å². The lowest BCUT2D eigenvalue weighted by molar-refractivity contribution is 0.665. The van der Waals surface area contributed by atoms with Gasteiger partial charge in [-0.15, -0.1) is 0 Å². The fourth-order valence-electron chi connectivity index (χ4n) is 26.6. The molecule has 8 heteroatoms. The molecule has 0 aliphatic heterocycles. The number of hydrogen-bond donors (Lipinski definition) is 0. The van der Waals surface area contributed by atoms with Crippen molar-refractivity contribution >= 4 is 156 Å². The van der Waals surface area contributed by atoms with Crippen molar-refractivity contribution in [1.82, 2.24) is 0 Å². The molecule has 0 atom stereocenters. The number of fused-ring (bicyclic) bond motifs is 36. The summed E-state index contributed by atoms with van der Waals surface area (Å²) in [6.45, 7) is 38.7. The lowest BCUT2D eigenvalue weighted by atomic mass is 9.70. The minimum Gasteiger partial charge on any atom is -0.455 e. The lowest BCUT2D eigenvalue weighted by Gasteiger charge is -2.35. The van der Waals surface area contributed by atoms with E-state index in [1.54, 1.807) is 0 Å². The number of rotatable bonds is 14. The number of benzene rings is 20. The van der Waals surface area contributed by atoms with Crippen LogP contribution in [0, 0.1) is 118 Å². The van der Waals surface area contributed by atoms with Gasteiger partial charge in [-0.3, -0.25) is 0 Å². The van der Waals surface area contributed by atoms with Crippen LogP contribution in [0.1, 0.15) is 150 Å². The zero-order chi connectivity index (χ0) is 101. The Morgan fingerprint density at radius 1 is 0.189 bits per heavy atom. The molecule has 0 N–H and O–H groups in total. The molecule has 0 amide bonds. The molecule has 0 saturated heterocycles. The Hall–Kier alpha value is -17.2. The maximum Gasteiger partial charge on any atom is 0.145 e. The first-order chi connectivity index (χ1) is 71.9. The molecular formula is C140H110N4O4. The van der Waals surface area contributed by atoms with Crippen LogP contribution in [-0.2, 0) is 17.3 Å². The van der Waals surface area contributed by atoms with Gasteiger partial charge >= 0.3 is 0 Å². The van der Waals surface area contributed by atoms with Crippen LogP contribution in [0.25, 0.3) is 132 Å². The summed E-state index contributed by atoms with van der Waals surface area (Å²) in [5.74, 6) is 0. The number of nitrogens with zero attached hydrogens (tertiary/aromatic N) is 4. The van der Waals surface area contributed by atoms with Gasteiger partial charge in [0.05, 0.1) is 55.1 Å². The van der Waals surface area contributed by atoms with E-state index < -0.39 is 10.8 Å². The van der Waals surface area contributed by atoms with Gasteiger partial charge < -0.3 is 37.3 Å². The van der Waals surface area contributed by atoms with E-state index in [0.717, 1.165) is 228 Å². The predicted octanol–water partition coefficient (Wildman–Crippen LogP) is 38.7.